The van der Waals surface area contributed by atoms with E-state index >= 15 is 0 Å². The van der Waals surface area contributed by atoms with E-state index in [1.165, 1.54) is 32.5 Å². The number of nitrogens with zero attached hydrogens (tertiary/aromatic N) is 1. The van der Waals surface area contributed by atoms with Gasteiger partial charge in [0.1, 0.15) is 0 Å². The van der Waals surface area contributed by atoms with Gasteiger partial charge in [0, 0.05) is 12.6 Å². The van der Waals surface area contributed by atoms with Crippen molar-refractivity contribution >= 4 is 0 Å². The Labute approximate surface area is 63.6 Å². The second-order valence-electron chi connectivity index (χ2n) is 3.20. The molecule has 1 saturated heterocycles. The summed E-state index contributed by atoms with van der Waals surface area (Å²) in [5.74, 6) is 0. The third-order valence-corrected chi connectivity index (χ3v) is 2.07. The predicted molar refractivity (Wildman–Crippen MR) is 44.2 cm³/mol. The van der Waals surface area contributed by atoms with Crippen LogP contribution in [0, 0.1) is 0 Å². The van der Waals surface area contributed by atoms with Crippen molar-refractivity contribution in [1.82, 2.24) is 10.2 Å². The fourth-order valence-corrected chi connectivity index (χ4v) is 1.45. The molecule has 1 atom stereocenters. The summed E-state index contributed by atoms with van der Waals surface area (Å²) in [5.41, 5.74) is 0. The van der Waals surface area contributed by atoms with Gasteiger partial charge < -0.3 is 10.2 Å². The first kappa shape index (κ1) is 8.02. The first-order valence-corrected chi connectivity index (χ1v) is 4.25. The van der Waals surface area contributed by atoms with E-state index in [9.17, 15) is 0 Å². The van der Waals surface area contributed by atoms with E-state index in [0.717, 1.165) is 6.04 Å². The van der Waals surface area contributed by atoms with Crippen molar-refractivity contribution in [3.8, 4) is 0 Å². The molecule has 2 nitrogen and oxygen atoms in total. The van der Waals surface area contributed by atoms with Gasteiger partial charge in [-0.1, -0.05) is 6.92 Å². The molecule has 1 fully saturated rings. The first-order valence-electron chi connectivity index (χ1n) is 4.25. The summed E-state index contributed by atoms with van der Waals surface area (Å²) in [4.78, 5) is 2.38. The Morgan fingerprint density at radius 3 is 2.90 bits per heavy atom. The van der Waals surface area contributed by atoms with Crippen LogP contribution in [0.2, 0.25) is 0 Å². The highest BCUT2D eigenvalue weighted by Crippen LogP contribution is 2.05. The zero-order chi connectivity index (χ0) is 7.40. The Morgan fingerprint density at radius 2 is 2.40 bits per heavy atom. The molecule has 0 radical (unpaired) electrons. The highest BCUT2D eigenvalue weighted by Gasteiger charge is 2.17. The molecule has 0 aromatic heterocycles. The van der Waals surface area contributed by atoms with Crippen LogP contribution in [0.25, 0.3) is 0 Å². The van der Waals surface area contributed by atoms with Crippen LogP contribution < -0.4 is 5.32 Å². The number of hydrogen-bond donors (Lipinski definition) is 1. The molecule has 1 rings (SSSR count). The number of hydrogen-bond acceptors (Lipinski definition) is 2. The molecule has 1 aliphatic rings. The summed E-state index contributed by atoms with van der Waals surface area (Å²) in [5, 5.41) is 3.52. The molecule has 60 valence electrons. The van der Waals surface area contributed by atoms with Gasteiger partial charge >= 0.3 is 0 Å². The Bertz CT molecular complexity index is 93.3. The van der Waals surface area contributed by atoms with Gasteiger partial charge in [-0.2, -0.15) is 0 Å². The summed E-state index contributed by atoms with van der Waals surface area (Å²) < 4.78 is 0. The van der Waals surface area contributed by atoms with Crippen LogP contribution in [0.1, 0.15) is 19.8 Å². The first-order chi connectivity index (χ1) is 4.83. The van der Waals surface area contributed by atoms with Crippen molar-refractivity contribution < 1.29 is 0 Å². The smallest absolute Gasteiger partial charge is 0.0207 e. The summed E-state index contributed by atoms with van der Waals surface area (Å²) in [7, 11) is 2.19. The molecule has 0 spiro atoms. The zero-order valence-electron chi connectivity index (χ0n) is 7.06. The van der Waals surface area contributed by atoms with Crippen LogP contribution in [0.4, 0.5) is 0 Å². The third kappa shape index (κ3) is 2.27. The average Bonchev–Trinajstić information content (AvgIpc) is 2.31. The molecule has 10 heavy (non-hydrogen) atoms. The highest BCUT2D eigenvalue weighted by molar-refractivity contribution is 4.78. The minimum Gasteiger partial charge on any atom is -0.313 e. The maximum Gasteiger partial charge on any atom is 0.0207 e. The molecule has 2 heteroatoms. The van der Waals surface area contributed by atoms with Crippen molar-refractivity contribution in [2.75, 3.05) is 26.7 Å². The Morgan fingerprint density at radius 1 is 1.60 bits per heavy atom. The normalized spacial score (nSPS) is 27.6. The zero-order valence-corrected chi connectivity index (χ0v) is 7.06. The van der Waals surface area contributed by atoms with Crippen LogP contribution in [0.3, 0.4) is 0 Å². The van der Waals surface area contributed by atoms with Crippen molar-refractivity contribution in [2.45, 2.75) is 25.8 Å². The molecule has 0 bridgehead atoms. The average molecular weight is 142 g/mol. The van der Waals surface area contributed by atoms with Gasteiger partial charge in [-0.15, -0.1) is 0 Å². The largest absolute Gasteiger partial charge is 0.313 e. The lowest BCUT2D eigenvalue weighted by molar-refractivity contribution is 0.398. The second kappa shape index (κ2) is 3.94. The fourth-order valence-electron chi connectivity index (χ4n) is 1.45. The van der Waals surface area contributed by atoms with Crippen LogP contribution in [-0.4, -0.2) is 37.6 Å². The van der Waals surface area contributed by atoms with E-state index in [1.54, 1.807) is 0 Å². The lowest BCUT2D eigenvalue weighted by atomic mass is 10.2. The molecule has 0 amide bonds. The summed E-state index contributed by atoms with van der Waals surface area (Å²) >= 11 is 0. The molecular formula is C8H18N2. The number of nitrogens with one attached hydrogen (secondary N) is 1. The number of likely N-dealkylation sites (N-methyl/N-ethyl adjacent to an activating group) is 1. The van der Waals surface area contributed by atoms with E-state index in [2.05, 4.69) is 24.2 Å². The van der Waals surface area contributed by atoms with Crippen molar-refractivity contribution in [3.63, 3.8) is 0 Å². The van der Waals surface area contributed by atoms with Gasteiger partial charge in [0.2, 0.25) is 0 Å². The molecular weight excluding hydrogens is 124 g/mol. The molecule has 1 aliphatic heterocycles. The molecule has 1 unspecified atom stereocenters. The molecule has 0 aromatic rings. The maximum atomic E-state index is 3.52. The van der Waals surface area contributed by atoms with E-state index in [-0.39, 0.29) is 0 Å². The SMILES string of the molecule is CCCNC1CCN(C)C1. The summed E-state index contributed by atoms with van der Waals surface area (Å²) in [6, 6.07) is 0.768. The van der Waals surface area contributed by atoms with Crippen molar-refractivity contribution in [1.29, 1.82) is 0 Å². The maximum absolute atomic E-state index is 3.52. The molecule has 0 aromatic carbocycles. The molecule has 0 saturated carbocycles. The Balaban J connectivity index is 2.06. The molecule has 0 aliphatic carbocycles. The van der Waals surface area contributed by atoms with E-state index in [4.69, 9.17) is 0 Å². The highest BCUT2D eigenvalue weighted by atomic mass is 15.2. The Kier molecular flexibility index (Phi) is 3.16. The van der Waals surface area contributed by atoms with Crippen molar-refractivity contribution in [2.24, 2.45) is 0 Å². The van der Waals surface area contributed by atoms with E-state index < -0.39 is 0 Å². The monoisotopic (exact) mass is 142 g/mol. The van der Waals surface area contributed by atoms with Crippen molar-refractivity contribution in [3.05, 3.63) is 0 Å². The second-order valence-corrected chi connectivity index (χ2v) is 3.20. The summed E-state index contributed by atoms with van der Waals surface area (Å²) in [6.07, 6.45) is 2.58. The van der Waals surface area contributed by atoms with Gasteiger partial charge in [0.05, 0.1) is 0 Å². The van der Waals surface area contributed by atoms with Gasteiger partial charge in [0.15, 0.2) is 0 Å². The van der Waals surface area contributed by atoms with Crippen LogP contribution in [0.5, 0.6) is 0 Å². The minimum absolute atomic E-state index is 0.768. The minimum atomic E-state index is 0.768. The van der Waals surface area contributed by atoms with Gasteiger partial charge in [0.25, 0.3) is 0 Å². The molecule has 1 N–H and O–H groups in total. The quantitative estimate of drug-likeness (QED) is 0.623. The number of likely N-dealkylation sites (tertiary alicyclic amines) is 1. The summed E-state index contributed by atoms with van der Waals surface area (Å²) in [6.45, 7) is 5.89. The van der Waals surface area contributed by atoms with Gasteiger partial charge in [-0.25, -0.2) is 0 Å². The lowest BCUT2D eigenvalue weighted by Crippen LogP contribution is -2.31. The van der Waals surface area contributed by atoms with Crippen LogP contribution in [0.15, 0.2) is 0 Å². The van der Waals surface area contributed by atoms with Crippen LogP contribution in [-0.2, 0) is 0 Å². The lowest BCUT2D eigenvalue weighted by Gasteiger charge is -2.10. The Hall–Kier alpha value is -0.0800. The topological polar surface area (TPSA) is 15.3 Å². The predicted octanol–water partition coefficient (Wildman–Crippen LogP) is 0.690. The van der Waals surface area contributed by atoms with Gasteiger partial charge in [-0.3, -0.25) is 0 Å². The number of rotatable bonds is 3. The fraction of sp³-hybridized carbons (Fsp3) is 1.00. The molecule has 1 heterocycles. The van der Waals surface area contributed by atoms with Gasteiger partial charge in [-0.05, 0) is 33.0 Å². The standard InChI is InChI=1S/C8H18N2/c1-3-5-9-8-4-6-10(2)7-8/h8-9H,3-7H2,1-2H3. The third-order valence-electron chi connectivity index (χ3n) is 2.07. The van der Waals surface area contributed by atoms with E-state index in [1.807, 2.05) is 0 Å². The van der Waals surface area contributed by atoms with Crippen LogP contribution >= 0.6 is 0 Å². The van der Waals surface area contributed by atoms with E-state index in [0.29, 0.717) is 0 Å².